The fraction of sp³-hybridized carbons (Fsp3) is 0.333. The summed E-state index contributed by atoms with van der Waals surface area (Å²) in [4.78, 5) is 3.98. The van der Waals surface area contributed by atoms with Gasteiger partial charge in [-0.15, -0.1) is 0 Å². The highest BCUT2D eigenvalue weighted by atomic mass is 16.5. The predicted molar refractivity (Wildman–Crippen MR) is 45.0 cm³/mol. The predicted octanol–water partition coefficient (Wildman–Crippen LogP) is 1.58. The summed E-state index contributed by atoms with van der Waals surface area (Å²) in [5.41, 5.74) is 2.47. The minimum Gasteiger partial charge on any atom is -0.481 e. The van der Waals surface area contributed by atoms with Crippen LogP contribution in [0.4, 0.5) is 0 Å². The van der Waals surface area contributed by atoms with Crippen molar-refractivity contribution in [1.82, 2.24) is 4.98 Å². The summed E-state index contributed by atoms with van der Waals surface area (Å²) in [5.74, 6) is 0.589. The van der Waals surface area contributed by atoms with Crippen molar-refractivity contribution in [1.29, 1.82) is 5.26 Å². The maximum Gasteiger partial charge on any atom is 0.216 e. The highest BCUT2D eigenvalue weighted by Gasteiger charge is 2.06. The third-order valence-electron chi connectivity index (χ3n) is 1.91. The molecule has 1 heterocycles. The van der Waals surface area contributed by atoms with E-state index in [1.807, 2.05) is 13.8 Å². The van der Waals surface area contributed by atoms with Gasteiger partial charge in [0, 0.05) is 11.8 Å². The van der Waals surface area contributed by atoms with Gasteiger partial charge in [-0.2, -0.15) is 5.26 Å². The molecule has 0 saturated carbocycles. The third-order valence-corrected chi connectivity index (χ3v) is 1.91. The molecule has 0 unspecified atom stereocenters. The van der Waals surface area contributed by atoms with E-state index in [-0.39, 0.29) is 0 Å². The van der Waals surface area contributed by atoms with E-state index in [2.05, 4.69) is 11.1 Å². The van der Waals surface area contributed by atoms with Crippen LogP contribution in [0.25, 0.3) is 0 Å². The number of nitriles is 1. The van der Waals surface area contributed by atoms with Gasteiger partial charge in [-0.3, -0.25) is 0 Å². The van der Waals surface area contributed by atoms with Crippen molar-refractivity contribution in [3.63, 3.8) is 0 Å². The Labute approximate surface area is 71.6 Å². The summed E-state index contributed by atoms with van der Waals surface area (Å²) in [5, 5.41) is 8.68. The summed E-state index contributed by atoms with van der Waals surface area (Å²) < 4.78 is 5.00. The first-order valence-corrected chi connectivity index (χ1v) is 3.61. The lowest BCUT2D eigenvalue weighted by Gasteiger charge is -2.06. The van der Waals surface area contributed by atoms with Crippen LogP contribution in [0.5, 0.6) is 5.88 Å². The molecule has 0 aromatic carbocycles. The van der Waals surface area contributed by atoms with E-state index in [9.17, 15) is 0 Å². The topological polar surface area (TPSA) is 45.9 Å². The van der Waals surface area contributed by atoms with E-state index in [0.29, 0.717) is 11.4 Å². The highest BCUT2D eigenvalue weighted by molar-refractivity contribution is 5.43. The van der Waals surface area contributed by atoms with Gasteiger partial charge in [-0.1, -0.05) is 0 Å². The highest BCUT2D eigenvalue weighted by Crippen LogP contribution is 2.19. The van der Waals surface area contributed by atoms with Crippen LogP contribution in [0.1, 0.15) is 16.7 Å². The van der Waals surface area contributed by atoms with Crippen LogP contribution in [-0.4, -0.2) is 12.1 Å². The van der Waals surface area contributed by atoms with Gasteiger partial charge in [-0.25, -0.2) is 4.98 Å². The van der Waals surface area contributed by atoms with Crippen LogP contribution in [-0.2, 0) is 0 Å². The van der Waals surface area contributed by atoms with Crippen molar-refractivity contribution in [2.75, 3.05) is 7.11 Å². The van der Waals surface area contributed by atoms with Gasteiger partial charge >= 0.3 is 0 Å². The minimum atomic E-state index is 0.589. The summed E-state index contributed by atoms with van der Waals surface area (Å²) in [6.07, 6.45) is 1.53. The number of rotatable bonds is 1. The lowest BCUT2D eigenvalue weighted by molar-refractivity contribution is 0.394. The fourth-order valence-electron chi connectivity index (χ4n) is 0.998. The van der Waals surface area contributed by atoms with Gasteiger partial charge in [-0.05, 0) is 19.4 Å². The molecule has 1 rings (SSSR count). The second-order valence-corrected chi connectivity index (χ2v) is 2.54. The first-order valence-electron chi connectivity index (χ1n) is 3.61. The number of methoxy groups -OCH3 is 1. The Kier molecular flexibility index (Phi) is 2.29. The molecule has 0 fully saturated rings. The van der Waals surface area contributed by atoms with Crippen molar-refractivity contribution in [2.45, 2.75) is 13.8 Å². The summed E-state index contributed by atoms with van der Waals surface area (Å²) in [6.45, 7) is 3.78. The van der Waals surface area contributed by atoms with Crippen LogP contribution in [0.2, 0.25) is 0 Å². The molecule has 1 aromatic rings. The Balaban J connectivity index is 3.32. The van der Waals surface area contributed by atoms with E-state index in [4.69, 9.17) is 10.00 Å². The van der Waals surface area contributed by atoms with Gasteiger partial charge in [0.15, 0.2) is 0 Å². The van der Waals surface area contributed by atoms with Crippen LogP contribution >= 0.6 is 0 Å². The van der Waals surface area contributed by atoms with Crippen molar-refractivity contribution in [3.8, 4) is 11.9 Å². The van der Waals surface area contributed by atoms with Crippen molar-refractivity contribution in [3.05, 3.63) is 22.9 Å². The quantitative estimate of drug-likeness (QED) is 0.629. The van der Waals surface area contributed by atoms with E-state index >= 15 is 0 Å². The first-order chi connectivity index (χ1) is 5.70. The van der Waals surface area contributed by atoms with Crippen LogP contribution < -0.4 is 4.74 Å². The van der Waals surface area contributed by atoms with Crippen LogP contribution in [0, 0.1) is 25.2 Å². The van der Waals surface area contributed by atoms with Gasteiger partial charge in [0.05, 0.1) is 12.7 Å². The van der Waals surface area contributed by atoms with E-state index in [1.165, 1.54) is 6.20 Å². The fourth-order valence-corrected chi connectivity index (χ4v) is 0.998. The Morgan fingerprint density at radius 2 is 2.08 bits per heavy atom. The zero-order valence-corrected chi connectivity index (χ0v) is 7.38. The Bertz CT molecular complexity index is 339. The lowest BCUT2D eigenvalue weighted by Crippen LogP contribution is -1.96. The second-order valence-electron chi connectivity index (χ2n) is 2.54. The largest absolute Gasteiger partial charge is 0.481 e. The van der Waals surface area contributed by atoms with E-state index in [0.717, 1.165) is 11.1 Å². The molecular weight excluding hydrogens is 152 g/mol. The van der Waals surface area contributed by atoms with Gasteiger partial charge < -0.3 is 4.74 Å². The number of hydrogen-bond acceptors (Lipinski definition) is 3. The average Bonchev–Trinajstić information content (AvgIpc) is 2.10. The van der Waals surface area contributed by atoms with Crippen molar-refractivity contribution in [2.24, 2.45) is 0 Å². The number of aromatic nitrogens is 1. The monoisotopic (exact) mass is 162 g/mol. The molecule has 0 bridgehead atoms. The van der Waals surface area contributed by atoms with Crippen molar-refractivity contribution >= 4 is 0 Å². The molecule has 0 N–H and O–H groups in total. The standard InChI is InChI=1S/C9H10N2O/c1-6-7(2)9(12-3)11-5-8(6)4-10/h5H,1-3H3. The smallest absolute Gasteiger partial charge is 0.216 e. The SMILES string of the molecule is COc1ncc(C#N)c(C)c1C. The number of hydrogen-bond donors (Lipinski definition) is 0. The Morgan fingerprint density at radius 3 is 2.58 bits per heavy atom. The molecule has 3 heteroatoms. The summed E-state index contributed by atoms with van der Waals surface area (Å²) >= 11 is 0. The molecule has 0 aliphatic heterocycles. The molecule has 12 heavy (non-hydrogen) atoms. The zero-order chi connectivity index (χ0) is 9.14. The molecule has 0 aliphatic carbocycles. The van der Waals surface area contributed by atoms with Crippen molar-refractivity contribution < 1.29 is 4.74 Å². The minimum absolute atomic E-state index is 0.589. The van der Waals surface area contributed by atoms with Crippen LogP contribution in [0.3, 0.4) is 0 Å². The molecular formula is C9H10N2O. The summed E-state index contributed by atoms with van der Waals surface area (Å²) in [7, 11) is 1.57. The van der Waals surface area contributed by atoms with Gasteiger partial charge in [0.25, 0.3) is 0 Å². The molecule has 0 amide bonds. The average molecular weight is 162 g/mol. The molecule has 0 aliphatic rings. The zero-order valence-electron chi connectivity index (χ0n) is 7.38. The Morgan fingerprint density at radius 1 is 1.42 bits per heavy atom. The molecule has 0 spiro atoms. The maximum absolute atomic E-state index is 8.68. The number of nitrogens with zero attached hydrogens (tertiary/aromatic N) is 2. The molecule has 0 radical (unpaired) electrons. The molecule has 0 saturated heterocycles. The molecule has 0 atom stereocenters. The lowest BCUT2D eigenvalue weighted by atomic mass is 10.1. The normalized spacial score (nSPS) is 9.17. The first kappa shape index (κ1) is 8.54. The van der Waals surface area contributed by atoms with E-state index < -0.39 is 0 Å². The molecule has 62 valence electrons. The Hall–Kier alpha value is -1.56. The second kappa shape index (κ2) is 3.22. The third kappa shape index (κ3) is 1.24. The summed E-state index contributed by atoms with van der Waals surface area (Å²) in [6, 6.07) is 2.07. The van der Waals surface area contributed by atoms with E-state index in [1.54, 1.807) is 7.11 Å². The van der Waals surface area contributed by atoms with Crippen LogP contribution in [0.15, 0.2) is 6.20 Å². The number of pyridine rings is 1. The van der Waals surface area contributed by atoms with Gasteiger partial charge in [0.2, 0.25) is 5.88 Å². The number of ether oxygens (including phenoxy) is 1. The molecule has 1 aromatic heterocycles. The molecule has 3 nitrogen and oxygen atoms in total. The van der Waals surface area contributed by atoms with Gasteiger partial charge in [0.1, 0.15) is 6.07 Å². The maximum atomic E-state index is 8.68.